The summed E-state index contributed by atoms with van der Waals surface area (Å²) in [5, 5.41) is 13.1. The summed E-state index contributed by atoms with van der Waals surface area (Å²) >= 11 is 0. The number of carbonyl (C=O) groups is 1. The molecule has 0 radical (unpaired) electrons. The fraction of sp³-hybridized carbons (Fsp3) is 0.417. The van der Waals surface area contributed by atoms with E-state index in [0.29, 0.717) is 6.42 Å². The first-order chi connectivity index (χ1) is 8.86. The average molecular weight is 269 g/mol. The van der Waals surface area contributed by atoms with Gasteiger partial charge in [-0.1, -0.05) is 20.3 Å². The zero-order valence-corrected chi connectivity index (χ0v) is 10.7. The molecule has 1 aromatic carbocycles. The number of benzene rings is 1. The molecule has 0 aliphatic carbocycles. The summed E-state index contributed by atoms with van der Waals surface area (Å²) in [6.07, 6.45) is 0.708. The Kier molecular flexibility index (Phi) is 4.94. The van der Waals surface area contributed by atoms with Crippen molar-refractivity contribution in [1.82, 2.24) is 0 Å². The second-order valence-electron chi connectivity index (χ2n) is 4.32. The Labute approximate surface area is 109 Å². The van der Waals surface area contributed by atoms with Crippen LogP contribution in [0.25, 0.3) is 0 Å². The van der Waals surface area contributed by atoms with E-state index in [1.54, 1.807) is 0 Å². The predicted octanol–water partition coefficient (Wildman–Crippen LogP) is 2.05. The van der Waals surface area contributed by atoms with E-state index in [4.69, 9.17) is 5.73 Å². The van der Waals surface area contributed by atoms with Gasteiger partial charge in [0.1, 0.15) is 11.5 Å². The number of amides is 1. The Morgan fingerprint density at radius 1 is 1.58 bits per heavy atom. The number of hydrogen-bond donors (Lipinski definition) is 2. The second-order valence-corrected chi connectivity index (χ2v) is 4.32. The number of nitro groups is 1. The molecule has 0 aliphatic heterocycles. The molecule has 19 heavy (non-hydrogen) atoms. The van der Waals surface area contributed by atoms with Crippen molar-refractivity contribution in [3.05, 3.63) is 34.1 Å². The lowest BCUT2D eigenvalue weighted by Gasteiger charge is -2.17. The molecule has 1 amide bonds. The molecule has 0 aliphatic rings. The molecule has 3 N–H and O–H groups in total. The summed E-state index contributed by atoms with van der Waals surface area (Å²) in [5.74, 6) is -1.32. The first-order valence-electron chi connectivity index (χ1n) is 5.87. The van der Waals surface area contributed by atoms with Crippen LogP contribution in [0.4, 0.5) is 15.8 Å². The maximum Gasteiger partial charge on any atom is 0.295 e. The lowest BCUT2D eigenvalue weighted by molar-refractivity contribution is -0.384. The molecule has 2 atom stereocenters. The van der Waals surface area contributed by atoms with Crippen molar-refractivity contribution in [2.75, 3.05) is 5.32 Å². The van der Waals surface area contributed by atoms with Crippen LogP contribution in [-0.4, -0.2) is 16.9 Å². The van der Waals surface area contributed by atoms with E-state index < -0.39 is 28.4 Å². The number of hydrogen-bond acceptors (Lipinski definition) is 4. The van der Waals surface area contributed by atoms with E-state index in [-0.39, 0.29) is 11.6 Å². The third-order valence-electron chi connectivity index (χ3n) is 2.97. The van der Waals surface area contributed by atoms with Crippen molar-refractivity contribution in [2.24, 2.45) is 11.7 Å². The number of nitrogens with zero attached hydrogens (tertiary/aromatic N) is 1. The van der Waals surface area contributed by atoms with Gasteiger partial charge in [0.25, 0.3) is 5.69 Å². The predicted molar refractivity (Wildman–Crippen MR) is 69.1 cm³/mol. The first-order valence-corrected chi connectivity index (χ1v) is 5.87. The molecule has 0 bridgehead atoms. The van der Waals surface area contributed by atoms with Crippen LogP contribution in [0.15, 0.2) is 18.2 Å². The zero-order chi connectivity index (χ0) is 14.6. The largest absolute Gasteiger partial charge is 0.320 e. The molecule has 7 heteroatoms. The number of nitrogens with one attached hydrogen (secondary N) is 1. The van der Waals surface area contributed by atoms with Crippen LogP contribution in [0.2, 0.25) is 0 Å². The Morgan fingerprint density at radius 2 is 2.21 bits per heavy atom. The number of nitrogens with two attached hydrogens (primary N) is 1. The standard InChI is InChI=1S/C12H16FN3O3/c1-3-7(2)11(14)12(17)15-9-5-4-8(13)6-10(9)16(18)19/h4-7,11H,3,14H2,1-2H3,(H,15,17)/t7?,11-/m0/s1. The Balaban J connectivity index is 2.94. The monoisotopic (exact) mass is 269 g/mol. The summed E-state index contributed by atoms with van der Waals surface area (Å²) in [7, 11) is 0. The lowest BCUT2D eigenvalue weighted by Crippen LogP contribution is -2.40. The van der Waals surface area contributed by atoms with Crippen molar-refractivity contribution in [3.63, 3.8) is 0 Å². The van der Waals surface area contributed by atoms with Gasteiger partial charge < -0.3 is 11.1 Å². The molecule has 1 unspecified atom stereocenters. The molecule has 6 nitrogen and oxygen atoms in total. The van der Waals surface area contributed by atoms with Gasteiger partial charge in [0.15, 0.2) is 0 Å². The van der Waals surface area contributed by atoms with Crippen LogP contribution in [0.3, 0.4) is 0 Å². The molecular formula is C12H16FN3O3. The quantitative estimate of drug-likeness (QED) is 0.631. The minimum atomic E-state index is -0.769. The highest BCUT2D eigenvalue weighted by Gasteiger charge is 2.23. The summed E-state index contributed by atoms with van der Waals surface area (Å²) in [6.45, 7) is 3.70. The van der Waals surface area contributed by atoms with Crippen LogP contribution in [0, 0.1) is 21.8 Å². The van der Waals surface area contributed by atoms with Gasteiger partial charge in [-0.3, -0.25) is 14.9 Å². The highest BCUT2D eigenvalue weighted by Crippen LogP contribution is 2.25. The van der Waals surface area contributed by atoms with E-state index in [1.165, 1.54) is 0 Å². The third-order valence-corrected chi connectivity index (χ3v) is 2.97. The van der Waals surface area contributed by atoms with Gasteiger partial charge in [0.2, 0.25) is 5.91 Å². The molecule has 0 saturated heterocycles. The first kappa shape index (κ1) is 15.0. The van der Waals surface area contributed by atoms with Crippen LogP contribution in [-0.2, 0) is 4.79 Å². The molecule has 0 heterocycles. The minimum Gasteiger partial charge on any atom is -0.320 e. The average Bonchev–Trinajstić information content (AvgIpc) is 2.38. The lowest BCUT2D eigenvalue weighted by atomic mass is 9.99. The van der Waals surface area contributed by atoms with Crippen molar-refractivity contribution >= 4 is 17.3 Å². The van der Waals surface area contributed by atoms with E-state index in [1.807, 2.05) is 13.8 Å². The third kappa shape index (κ3) is 3.72. The number of carbonyl (C=O) groups excluding carboxylic acids is 1. The highest BCUT2D eigenvalue weighted by atomic mass is 19.1. The second kappa shape index (κ2) is 6.24. The molecule has 1 rings (SSSR count). The number of anilines is 1. The summed E-state index contributed by atoms with van der Waals surface area (Å²) < 4.78 is 12.9. The molecular weight excluding hydrogens is 253 g/mol. The van der Waals surface area contributed by atoms with Crippen LogP contribution < -0.4 is 11.1 Å². The van der Waals surface area contributed by atoms with Crippen molar-refractivity contribution in [3.8, 4) is 0 Å². The summed E-state index contributed by atoms with van der Waals surface area (Å²) in [4.78, 5) is 21.8. The van der Waals surface area contributed by atoms with Gasteiger partial charge in [-0.2, -0.15) is 0 Å². The van der Waals surface area contributed by atoms with E-state index in [9.17, 15) is 19.3 Å². The Bertz CT molecular complexity index is 493. The van der Waals surface area contributed by atoms with Gasteiger partial charge in [0, 0.05) is 0 Å². The molecule has 104 valence electrons. The minimum absolute atomic E-state index is 0.0560. The van der Waals surface area contributed by atoms with E-state index >= 15 is 0 Å². The fourth-order valence-corrected chi connectivity index (χ4v) is 1.49. The number of rotatable bonds is 5. The van der Waals surface area contributed by atoms with Crippen LogP contribution in [0.5, 0.6) is 0 Å². The Hall–Kier alpha value is -2.02. The van der Waals surface area contributed by atoms with Crippen LogP contribution in [0.1, 0.15) is 20.3 Å². The maximum absolute atomic E-state index is 12.9. The molecule has 0 fully saturated rings. The van der Waals surface area contributed by atoms with E-state index in [0.717, 1.165) is 18.2 Å². The van der Waals surface area contributed by atoms with Crippen LogP contribution >= 0.6 is 0 Å². The topological polar surface area (TPSA) is 98.3 Å². The van der Waals surface area contributed by atoms with Crippen molar-refractivity contribution < 1.29 is 14.1 Å². The number of halogens is 1. The van der Waals surface area contributed by atoms with Crippen molar-refractivity contribution in [1.29, 1.82) is 0 Å². The van der Waals surface area contributed by atoms with Gasteiger partial charge >= 0.3 is 0 Å². The van der Waals surface area contributed by atoms with E-state index in [2.05, 4.69) is 5.32 Å². The maximum atomic E-state index is 12.9. The molecule has 0 saturated carbocycles. The van der Waals surface area contributed by atoms with Gasteiger partial charge in [0.05, 0.1) is 17.0 Å². The smallest absolute Gasteiger partial charge is 0.295 e. The summed E-state index contributed by atoms with van der Waals surface area (Å²) in [6, 6.07) is 2.17. The van der Waals surface area contributed by atoms with Gasteiger partial charge in [-0.15, -0.1) is 0 Å². The zero-order valence-electron chi connectivity index (χ0n) is 10.7. The Morgan fingerprint density at radius 3 is 2.74 bits per heavy atom. The van der Waals surface area contributed by atoms with Crippen molar-refractivity contribution in [2.45, 2.75) is 26.3 Å². The SMILES string of the molecule is CCC(C)[C@H](N)C(=O)Nc1ccc(F)cc1[N+](=O)[O-]. The molecule has 1 aromatic rings. The molecule has 0 aromatic heterocycles. The normalized spacial score (nSPS) is 13.7. The fourth-order valence-electron chi connectivity index (χ4n) is 1.49. The summed E-state index contributed by atoms with van der Waals surface area (Å²) in [5.41, 5.74) is 5.16. The highest BCUT2D eigenvalue weighted by molar-refractivity contribution is 5.96. The van der Waals surface area contributed by atoms with Gasteiger partial charge in [-0.25, -0.2) is 4.39 Å². The molecule has 0 spiro atoms. The number of nitro benzene ring substituents is 1. The van der Waals surface area contributed by atoms with Gasteiger partial charge in [-0.05, 0) is 18.1 Å².